The van der Waals surface area contributed by atoms with Gasteiger partial charge in [-0.25, -0.2) is 0 Å². The summed E-state index contributed by atoms with van der Waals surface area (Å²) in [7, 11) is 0. The quantitative estimate of drug-likeness (QED) is 0.649. The first-order valence-electron chi connectivity index (χ1n) is 2.47. The summed E-state index contributed by atoms with van der Waals surface area (Å²) in [5.74, 6) is -0.956. The zero-order chi connectivity index (χ0) is 7.65. The zero-order valence-corrected chi connectivity index (χ0v) is 6.20. The standard InChI is InChI=1S/C6H9ClO2/c1-4(7)6(2,3)5(8)9/h1H2,2-3H3,(H,8,9). The minimum atomic E-state index is -1.01. The summed E-state index contributed by atoms with van der Waals surface area (Å²) in [6, 6.07) is 0. The molecule has 0 radical (unpaired) electrons. The molecule has 0 rings (SSSR count). The third-order valence-electron chi connectivity index (χ3n) is 1.21. The van der Waals surface area contributed by atoms with Crippen molar-refractivity contribution in [3.8, 4) is 0 Å². The van der Waals surface area contributed by atoms with Crippen molar-refractivity contribution in [2.24, 2.45) is 5.41 Å². The van der Waals surface area contributed by atoms with Crippen molar-refractivity contribution in [2.45, 2.75) is 13.8 Å². The monoisotopic (exact) mass is 148 g/mol. The van der Waals surface area contributed by atoms with Gasteiger partial charge in [-0.3, -0.25) is 4.79 Å². The first kappa shape index (κ1) is 8.50. The Kier molecular flexibility index (Phi) is 2.26. The third kappa shape index (κ3) is 1.72. The second kappa shape index (κ2) is 2.40. The van der Waals surface area contributed by atoms with Crippen LogP contribution in [0.15, 0.2) is 11.6 Å². The van der Waals surface area contributed by atoms with E-state index in [4.69, 9.17) is 16.7 Å². The van der Waals surface area contributed by atoms with Gasteiger partial charge < -0.3 is 5.11 Å². The number of aliphatic carboxylic acids is 1. The molecule has 0 atom stereocenters. The van der Waals surface area contributed by atoms with Crippen LogP contribution >= 0.6 is 11.6 Å². The van der Waals surface area contributed by atoms with Crippen LogP contribution in [0.1, 0.15) is 13.8 Å². The predicted molar refractivity (Wildman–Crippen MR) is 36.4 cm³/mol. The van der Waals surface area contributed by atoms with E-state index in [0.29, 0.717) is 0 Å². The van der Waals surface area contributed by atoms with Gasteiger partial charge in [0.25, 0.3) is 0 Å². The van der Waals surface area contributed by atoms with Crippen LogP contribution in [0.4, 0.5) is 0 Å². The number of carbonyl (C=O) groups is 1. The van der Waals surface area contributed by atoms with Gasteiger partial charge in [-0.2, -0.15) is 0 Å². The van der Waals surface area contributed by atoms with Crippen molar-refractivity contribution < 1.29 is 9.90 Å². The summed E-state index contributed by atoms with van der Waals surface area (Å²) in [6.45, 7) is 6.34. The molecule has 52 valence electrons. The summed E-state index contributed by atoms with van der Waals surface area (Å²) >= 11 is 5.39. The molecule has 9 heavy (non-hydrogen) atoms. The average molecular weight is 149 g/mol. The summed E-state index contributed by atoms with van der Waals surface area (Å²) in [5, 5.41) is 8.61. The van der Waals surface area contributed by atoms with Crippen molar-refractivity contribution in [2.75, 3.05) is 0 Å². The van der Waals surface area contributed by atoms with E-state index in [1.54, 1.807) is 0 Å². The maximum Gasteiger partial charge on any atom is 0.314 e. The maximum absolute atomic E-state index is 10.3. The summed E-state index contributed by atoms with van der Waals surface area (Å²) < 4.78 is 0. The number of rotatable bonds is 2. The lowest BCUT2D eigenvalue weighted by atomic mass is 9.94. The van der Waals surface area contributed by atoms with Crippen LogP contribution in [0.5, 0.6) is 0 Å². The molecule has 0 aromatic heterocycles. The molecule has 0 aromatic carbocycles. The Morgan fingerprint density at radius 2 is 2.00 bits per heavy atom. The largest absolute Gasteiger partial charge is 0.481 e. The van der Waals surface area contributed by atoms with Gasteiger partial charge in [0.2, 0.25) is 0 Å². The molecule has 2 nitrogen and oxygen atoms in total. The number of carboxylic acid groups (broad SMARTS) is 1. The van der Waals surface area contributed by atoms with Crippen LogP contribution < -0.4 is 0 Å². The normalized spacial score (nSPS) is 11.0. The molecule has 0 heterocycles. The Balaban J connectivity index is 4.38. The van der Waals surface area contributed by atoms with Crippen LogP contribution in [0.3, 0.4) is 0 Å². The molecule has 0 bridgehead atoms. The van der Waals surface area contributed by atoms with Gasteiger partial charge in [-0.15, -0.1) is 0 Å². The molecule has 0 unspecified atom stereocenters. The average Bonchev–Trinajstić information content (AvgIpc) is 1.65. The molecule has 0 aliphatic heterocycles. The van der Waals surface area contributed by atoms with Crippen LogP contribution in [0.2, 0.25) is 0 Å². The highest BCUT2D eigenvalue weighted by Crippen LogP contribution is 2.27. The van der Waals surface area contributed by atoms with Crippen molar-refractivity contribution in [3.63, 3.8) is 0 Å². The van der Waals surface area contributed by atoms with Gasteiger partial charge in [0.1, 0.15) is 0 Å². The maximum atomic E-state index is 10.3. The Bertz CT molecular complexity index is 133. The van der Waals surface area contributed by atoms with E-state index in [0.717, 1.165) is 0 Å². The van der Waals surface area contributed by atoms with E-state index in [9.17, 15) is 4.79 Å². The highest BCUT2D eigenvalue weighted by atomic mass is 35.5. The number of carboxylic acids is 1. The fourth-order valence-electron chi connectivity index (χ4n) is 0.116. The van der Waals surface area contributed by atoms with E-state index in [1.807, 2.05) is 0 Å². The summed E-state index contributed by atoms with van der Waals surface area (Å²) in [6.07, 6.45) is 0. The molecule has 0 aliphatic rings. The number of hydrogen-bond donors (Lipinski definition) is 1. The van der Waals surface area contributed by atoms with E-state index < -0.39 is 11.4 Å². The summed E-state index contributed by atoms with van der Waals surface area (Å²) in [4.78, 5) is 10.3. The predicted octanol–water partition coefficient (Wildman–Crippen LogP) is 1.85. The van der Waals surface area contributed by atoms with Crippen molar-refractivity contribution in [3.05, 3.63) is 11.6 Å². The van der Waals surface area contributed by atoms with Crippen LogP contribution in [-0.2, 0) is 4.79 Å². The minimum absolute atomic E-state index is 0.148. The fraction of sp³-hybridized carbons (Fsp3) is 0.500. The molecule has 0 spiro atoms. The fourth-order valence-corrected chi connectivity index (χ4v) is 0.197. The smallest absolute Gasteiger partial charge is 0.314 e. The van der Waals surface area contributed by atoms with Gasteiger partial charge in [-0.1, -0.05) is 18.2 Å². The Labute approximate surface area is 59.1 Å². The van der Waals surface area contributed by atoms with Crippen LogP contribution in [0, 0.1) is 5.41 Å². The summed E-state index contributed by atoms with van der Waals surface area (Å²) in [5.41, 5.74) is -1.01. The topological polar surface area (TPSA) is 37.3 Å². The Morgan fingerprint density at radius 1 is 1.67 bits per heavy atom. The molecule has 0 aromatic rings. The van der Waals surface area contributed by atoms with Crippen molar-refractivity contribution in [1.29, 1.82) is 0 Å². The lowest BCUT2D eigenvalue weighted by Gasteiger charge is -2.15. The second-order valence-corrected chi connectivity index (χ2v) is 2.79. The first-order chi connectivity index (χ1) is 3.89. The highest BCUT2D eigenvalue weighted by Gasteiger charge is 2.29. The van der Waals surface area contributed by atoms with Gasteiger partial charge in [0, 0.05) is 5.03 Å². The van der Waals surface area contributed by atoms with Gasteiger partial charge >= 0.3 is 5.97 Å². The molecular weight excluding hydrogens is 140 g/mol. The zero-order valence-electron chi connectivity index (χ0n) is 5.44. The molecule has 0 fully saturated rings. The van der Waals surface area contributed by atoms with Crippen molar-refractivity contribution >= 4 is 17.6 Å². The second-order valence-electron chi connectivity index (χ2n) is 2.34. The lowest BCUT2D eigenvalue weighted by Crippen LogP contribution is -2.23. The SMILES string of the molecule is C=C(Cl)C(C)(C)C(=O)O. The molecule has 0 saturated heterocycles. The van der Waals surface area contributed by atoms with Crippen molar-refractivity contribution in [1.82, 2.24) is 0 Å². The van der Waals surface area contributed by atoms with Gasteiger partial charge in [0.05, 0.1) is 5.41 Å². The minimum Gasteiger partial charge on any atom is -0.481 e. The third-order valence-corrected chi connectivity index (χ3v) is 1.69. The van der Waals surface area contributed by atoms with E-state index in [2.05, 4.69) is 6.58 Å². The number of hydrogen-bond acceptors (Lipinski definition) is 1. The van der Waals surface area contributed by atoms with E-state index in [-0.39, 0.29) is 5.03 Å². The lowest BCUT2D eigenvalue weighted by molar-refractivity contribution is -0.144. The van der Waals surface area contributed by atoms with E-state index in [1.165, 1.54) is 13.8 Å². The van der Waals surface area contributed by atoms with E-state index >= 15 is 0 Å². The Hall–Kier alpha value is -0.500. The highest BCUT2D eigenvalue weighted by molar-refractivity contribution is 6.31. The first-order valence-corrected chi connectivity index (χ1v) is 2.85. The van der Waals surface area contributed by atoms with Crippen LogP contribution in [-0.4, -0.2) is 11.1 Å². The molecule has 1 N–H and O–H groups in total. The molecule has 3 heteroatoms. The van der Waals surface area contributed by atoms with Gasteiger partial charge in [-0.05, 0) is 13.8 Å². The van der Waals surface area contributed by atoms with Gasteiger partial charge in [0.15, 0.2) is 0 Å². The number of halogens is 1. The molecule has 0 amide bonds. The van der Waals surface area contributed by atoms with Crippen LogP contribution in [0.25, 0.3) is 0 Å². The molecule has 0 aliphatic carbocycles. The molecular formula is C6H9ClO2. The Morgan fingerprint density at radius 3 is 2.00 bits per heavy atom. The molecule has 0 saturated carbocycles.